The van der Waals surface area contributed by atoms with Crippen molar-refractivity contribution in [3.05, 3.63) is 71.6 Å². The van der Waals surface area contributed by atoms with E-state index in [4.69, 9.17) is 4.74 Å². The molecule has 0 bridgehead atoms. The average molecular weight is 383 g/mol. The summed E-state index contributed by atoms with van der Waals surface area (Å²) in [4.78, 5) is 2.37. The van der Waals surface area contributed by atoms with Crippen LogP contribution in [0.4, 0.5) is 8.78 Å². The summed E-state index contributed by atoms with van der Waals surface area (Å²) in [5, 5.41) is 7.10. The van der Waals surface area contributed by atoms with Gasteiger partial charge in [-0.05, 0) is 49.2 Å². The summed E-state index contributed by atoms with van der Waals surface area (Å²) >= 11 is 0. The minimum atomic E-state index is -0.563. The van der Waals surface area contributed by atoms with Crippen molar-refractivity contribution in [3.8, 4) is 16.9 Å². The van der Waals surface area contributed by atoms with Crippen LogP contribution >= 0.6 is 0 Å². The number of H-pyrrole nitrogens is 1. The van der Waals surface area contributed by atoms with Gasteiger partial charge in [-0.15, -0.1) is 0 Å². The van der Waals surface area contributed by atoms with Crippen molar-refractivity contribution in [1.29, 1.82) is 0 Å². The van der Waals surface area contributed by atoms with E-state index < -0.39 is 11.6 Å². The van der Waals surface area contributed by atoms with Crippen molar-refractivity contribution in [1.82, 2.24) is 15.1 Å². The first-order valence-electron chi connectivity index (χ1n) is 9.48. The molecule has 1 aliphatic rings. The van der Waals surface area contributed by atoms with E-state index in [2.05, 4.69) is 21.2 Å². The number of rotatable bonds is 5. The fourth-order valence-electron chi connectivity index (χ4n) is 4.03. The zero-order valence-electron chi connectivity index (χ0n) is 15.8. The molecule has 0 amide bonds. The number of nitrogens with one attached hydrogen (secondary N) is 1. The van der Waals surface area contributed by atoms with E-state index in [0.717, 1.165) is 43.9 Å². The number of benzene rings is 2. The number of nitrogens with zero attached hydrogens (tertiary/aromatic N) is 2. The monoisotopic (exact) mass is 383 g/mol. The van der Waals surface area contributed by atoms with Crippen LogP contribution in [0.25, 0.3) is 11.1 Å². The molecule has 28 heavy (non-hydrogen) atoms. The molecule has 0 aliphatic carbocycles. The van der Waals surface area contributed by atoms with E-state index in [1.807, 2.05) is 18.2 Å². The van der Waals surface area contributed by atoms with Gasteiger partial charge in [0.2, 0.25) is 0 Å². The quantitative estimate of drug-likeness (QED) is 0.692. The number of methoxy groups -OCH3 is 1. The van der Waals surface area contributed by atoms with Gasteiger partial charge < -0.3 is 4.74 Å². The molecule has 2 heterocycles. The average Bonchev–Trinajstić information content (AvgIpc) is 3.18. The van der Waals surface area contributed by atoms with Crippen LogP contribution in [-0.2, 0) is 6.54 Å². The van der Waals surface area contributed by atoms with Crippen molar-refractivity contribution in [2.24, 2.45) is 0 Å². The molecule has 1 saturated heterocycles. The lowest BCUT2D eigenvalue weighted by Gasteiger charge is -2.32. The molecule has 4 rings (SSSR count). The molecule has 1 atom stereocenters. The molecule has 146 valence electrons. The third-order valence-corrected chi connectivity index (χ3v) is 5.36. The highest BCUT2D eigenvalue weighted by Gasteiger charge is 2.27. The molecule has 2 aromatic carbocycles. The number of likely N-dealkylation sites (tertiary alicyclic amines) is 1. The lowest BCUT2D eigenvalue weighted by Crippen LogP contribution is -2.34. The molecule has 3 aromatic rings. The Morgan fingerprint density at radius 3 is 2.75 bits per heavy atom. The van der Waals surface area contributed by atoms with Crippen molar-refractivity contribution < 1.29 is 13.5 Å². The molecule has 6 heteroatoms. The SMILES string of the molecule is COc1cccc(CN2CCC[C@@H](c3[nH]ncc3-c3c(F)cccc3F)C2)c1. The van der Waals surface area contributed by atoms with Crippen molar-refractivity contribution in [2.45, 2.75) is 25.3 Å². The highest BCUT2D eigenvalue weighted by Crippen LogP contribution is 2.35. The Bertz CT molecular complexity index is 936. The molecule has 0 unspecified atom stereocenters. The maximum Gasteiger partial charge on any atom is 0.134 e. The lowest BCUT2D eigenvalue weighted by atomic mass is 9.90. The fraction of sp³-hybridized carbons (Fsp3) is 0.318. The molecule has 0 spiro atoms. The molecule has 1 aliphatic heterocycles. The number of piperidine rings is 1. The van der Waals surface area contributed by atoms with Crippen LogP contribution in [0.1, 0.15) is 30.0 Å². The van der Waals surface area contributed by atoms with E-state index in [1.54, 1.807) is 7.11 Å². The van der Waals surface area contributed by atoms with Gasteiger partial charge in [0.25, 0.3) is 0 Å². The zero-order chi connectivity index (χ0) is 19.5. The van der Waals surface area contributed by atoms with Gasteiger partial charge in [-0.1, -0.05) is 18.2 Å². The second-order valence-corrected chi connectivity index (χ2v) is 7.22. The largest absolute Gasteiger partial charge is 0.497 e. The smallest absolute Gasteiger partial charge is 0.134 e. The first-order chi connectivity index (χ1) is 13.7. The number of hydrogen-bond acceptors (Lipinski definition) is 3. The van der Waals surface area contributed by atoms with Gasteiger partial charge in [-0.3, -0.25) is 10.00 Å². The maximum atomic E-state index is 14.3. The van der Waals surface area contributed by atoms with E-state index in [-0.39, 0.29) is 11.5 Å². The number of aromatic nitrogens is 2. The Morgan fingerprint density at radius 2 is 1.96 bits per heavy atom. The van der Waals surface area contributed by atoms with Gasteiger partial charge in [0.05, 0.1) is 18.9 Å². The van der Waals surface area contributed by atoms with Crippen LogP contribution in [0.3, 0.4) is 0 Å². The standard InChI is InChI=1S/C22H23F2N3O/c1-28-17-7-2-5-15(11-17)13-27-10-4-6-16(14-27)22-18(12-25-26-22)21-19(23)8-3-9-20(21)24/h2-3,5,7-9,11-12,16H,4,6,10,13-14H2,1H3,(H,25,26)/t16-/m1/s1. The predicted octanol–water partition coefficient (Wildman–Crippen LogP) is 4.74. The van der Waals surface area contributed by atoms with Crippen molar-refractivity contribution >= 4 is 0 Å². The molecule has 1 aromatic heterocycles. The Hall–Kier alpha value is -2.73. The minimum Gasteiger partial charge on any atom is -0.497 e. The molecule has 0 radical (unpaired) electrons. The number of ether oxygens (including phenoxy) is 1. The highest BCUT2D eigenvalue weighted by molar-refractivity contribution is 5.67. The second kappa shape index (κ2) is 8.10. The summed E-state index contributed by atoms with van der Waals surface area (Å²) < 4.78 is 33.9. The minimum absolute atomic E-state index is 0.00355. The van der Waals surface area contributed by atoms with Gasteiger partial charge in [0.1, 0.15) is 17.4 Å². The van der Waals surface area contributed by atoms with E-state index in [9.17, 15) is 8.78 Å². The van der Waals surface area contributed by atoms with E-state index in [1.165, 1.54) is 30.0 Å². The van der Waals surface area contributed by atoms with Gasteiger partial charge in [-0.2, -0.15) is 5.10 Å². The second-order valence-electron chi connectivity index (χ2n) is 7.22. The Labute approximate surface area is 163 Å². The van der Waals surface area contributed by atoms with Gasteiger partial charge >= 0.3 is 0 Å². The topological polar surface area (TPSA) is 41.1 Å². The summed E-state index contributed by atoms with van der Waals surface area (Å²) in [6, 6.07) is 12.0. The normalized spacial score (nSPS) is 17.6. The molecule has 0 saturated carbocycles. The number of halogens is 2. The van der Waals surface area contributed by atoms with Crippen molar-refractivity contribution in [3.63, 3.8) is 0 Å². The van der Waals surface area contributed by atoms with Crippen LogP contribution < -0.4 is 4.74 Å². The fourth-order valence-corrected chi connectivity index (χ4v) is 4.03. The molecule has 4 nitrogen and oxygen atoms in total. The van der Waals surface area contributed by atoms with Gasteiger partial charge in [0, 0.05) is 30.3 Å². The first-order valence-corrected chi connectivity index (χ1v) is 9.48. The van der Waals surface area contributed by atoms with E-state index >= 15 is 0 Å². The van der Waals surface area contributed by atoms with Crippen LogP contribution in [0.5, 0.6) is 5.75 Å². The molecule has 1 N–H and O–H groups in total. The summed E-state index contributed by atoms with van der Waals surface area (Å²) in [5.41, 5.74) is 2.50. The third-order valence-electron chi connectivity index (χ3n) is 5.36. The Morgan fingerprint density at radius 1 is 1.18 bits per heavy atom. The van der Waals surface area contributed by atoms with Crippen LogP contribution in [-0.4, -0.2) is 35.3 Å². The van der Waals surface area contributed by atoms with E-state index in [0.29, 0.717) is 5.56 Å². The van der Waals surface area contributed by atoms with Crippen LogP contribution in [0, 0.1) is 11.6 Å². The first kappa shape index (κ1) is 18.6. The van der Waals surface area contributed by atoms with Crippen LogP contribution in [0.15, 0.2) is 48.7 Å². The number of hydrogen-bond donors (Lipinski definition) is 1. The maximum absolute atomic E-state index is 14.3. The lowest BCUT2D eigenvalue weighted by molar-refractivity contribution is 0.198. The summed E-state index contributed by atoms with van der Waals surface area (Å²) in [6.07, 6.45) is 3.50. The van der Waals surface area contributed by atoms with Gasteiger partial charge in [-0.25, -0.2) is 8.78 Å². The third kappa shape index (κ3) is 3.78. The zero-order valence-corrected chi connectivity index (χ0v) is 15.8. The summed E-state index contributed by atoms with van der Waals surface area (Å²) in [5.74, 6) is -0.133. The Kier molecular flexibility index (Phi) is 5.39. The molecular weight excluding hydrogens is 360 g/mol. The van der Waals surface area contributed by atoms with Crippen LogP contribution in [0.2, 0.25) is 0 Å². The molecule has 1 fully saturated rings. The summed E-state index contributed by atoms with van der Waals surface area (Å²) in [6.45, 7) is 2.61. The van der Waals surface area contributed by atoms with Gasteiger partial charge in [0.15, 0.2) is 0 Å². The molecular formula is C22H23F2N3O. The Balaban J connectivity index is 1.55. The summed E-state index contributed by atoms with van der Waals surface area (Å²) in [7, 11) is 1.66. The number of aromatic amines is 1. The predicted molar refractivity (Wildman–Crippen MR) is 104 cm³/mol. The highest BCUT2D eigenvalue weighted by atomic mass is 19.1. The van der Waals surface area contributed by atoms with Crippen molar-refractivity contribution in [2.75, 3.05) is 20.2 Å².